The molecule has 0 aromatic heterocycles. The van der Waals surface area contributed by atoms with Gasteiger partial charge >= 0.3 is 0 Å². The van der Waals surface area contributed by atoms with E-state index >= 15 is 0 Å². The Labute approximate surface area is 139 Å². The van der Waals surface area contributed by atoms with Crippen LogP contribution in [-0.2, 0) is 10.8 Å². The third-order valence-corrected chi connectivity index (χ3v) is 8.80. The Morgan fingerprint density at radius 2 is 2.00 bits per heavy atom. The third-order valence-electron chi connectivity index (χ3n) is 4.02. The Bertz CT molecular complexity index is 518. The number of hydrogen-bond acceptors (Lipinski definition) is 3. The summed E-state index contributed by atoms with van der Waals surface area (Å²) in [5, 5.41) is 0.0461. The van der Waals surface area contributed by atoms with E-state index in [0.717, 1.165) is 0 Å². The van der Waals surface area contributed by atoms with E-state index in [1.54, 1.807) is 0 Å². The highest BCUT2D eigenvalue weighted by molar-refractivity contribution is 6.74. The van der Waals surface area contributed by atoms with E-state index in [1.165, 1.54) is 6.07 Å². The van der Waals surface area contributed by atoms with Gasteiger partial charge in [-0.3, -0.25) is 0 Å². The van der Waals surface area contributed by atoms with Crippen molar-refractivity contribution < 1.29 is 13.6 Å². The first-order valence-corrected chi connectivity index (χ1v) is 10.7. The molecule has 0 amide bonds. The fourth-order valence-corrected chi connectivity index (χ4v) is 3.14. The minimum absolute atomic E-state index is 0.0120. The lowest BCUT2D eigenvalue weighted by Crippen LogP contribution is -2.47. The molecule has 3 nitrogen and oxygen atoms in total. The monoisotopic (exact) mass is 346 g/mol. The summed E-state index contributed by atoms with van der Waals surface area (Å²) in [7, 11) is -2.02. The van der Waals surface area contributed by atoms with Crippen molar-refractivity contribution in [3.63, 3.8) is 0 Å². The molecule has 0 fully saturated rings. The van der Waals surface area contributed by atoms with Crippen molar-refractivity contribution in [2.45, 2.75) is 58.5 Å². The topological polar surface area (TPSA) is 44.5 Å². The van der Waals surface area contributed by atoms with Crippen LogP contribution in [0.5, 0.6) is 5.75 Å². The summed E-state index contributed by atoms with van der Waals surface area (Å²) < 4.78 is 25.8. The maximum absolute atomic E-state index is 14.3. The van der Waals surface area contributed by atoms with Gasteiger partial charge in [-0.25, -0.2) is 4.39 Å². The lowest BCUT2D eigenvalue weighted by atomic mass is 10.1. The van der Waals surface area contributed by atoms with Crippen molar-refractivity contribution in [3.05, 3.63) is 28.5 Å². The van der Waals surface area contributed by atoms with E-state index in [9.17, 15) is 4.39 Å². The predicted molar refractivity (Wildman–Crippen MR) is 91.4 cm³/mol. The molecule has 0 aliphatic carbocycles. The third kappa shape index (κ3) is 4.68. The van der Waals surface area contributed by atoms with Gasteiger partial charge in [-0.1, -0.05) is 32.4 Å². The highest BCUT2D eigenvalue weighted by Crippen LogP contribution is 2.37. The van der Waals surface area contributed by atoms with Gasteiger partial charge in [-0.05, 0) is 31.1 Å². The molecule has 2 N–H and O–H groups in total. The van der Waals surface area contributed by atoms with Gasteiger partial charge in [0.2, 0.25) is 0 Å². The maximum Gasteiger partial charge on any atom is 0.194 e. The molecule has 22 heavy (non-hydrogen) atoms. The molecule has 125 valence electrons. The van der Waals surface area contributed by atoms with Crippen LogP contribution < -0.4 is 10.5 Å². The second kappa shape index (κ2) is 7.30. The van der Waals surface area contributed by atoms with E-state index in [0.29, 0.717) is 17.9 Å². The van der Waals surface area contributed by atoms with Crippen molar-refractivity contribution in [3.8, 4) is 5.75 Å². The Morgan fingerprint density at radius 3 is 2.50 bits per heavy atom. The molecule has 1 rings (SSSR count). The molecule has 1 radical (unpaired) electrons. The normalized spacial score (nSPS) is 14.0. The predicted octanol–water partition coefficient (Wildman–Crippen LogP) is 4.53. The highest BCUT2D eigenvalue weighted by atomic mass is 35.5. The number of ether oxygens (including phenoxy) is 1. The summed E-state index contributed by atoms with van der Waals surface area (Å²) in [5.41, 5.74) is 6.43. The minimum atomic E-state index is -2.02. The second-order valence-electron chi connectivity index (χ2n) is 6.81. The second-order valence-corrected chi connectivity index (χ2v) is 12.0. The van der Waals surface area contributed by atoms with Crippen molar-refractivity contribution in [1.29, 1.82) is 0 Å². The zero-order valence-electron chi connectivity index (χ0n) is 14.2. The molecule has 1 aromatic carbocycles. The first-order chi connectivity index (χ1) is 9.99. The van der Waals surface area contributed by atoms with Gasteiger partial charge in [0.1, 0.15) is 11.6 Å². The Balaban J connectivity index is 2.97. The smallest absolute Gasteiger partial charge is 0.194 e. The van der Waals surface area contributed by atoms with Crippen LogP contribution in [0.15, 0.2) is 6.07 Å². The Kier molecular flexibility index (Phi) is 6.44. The van der Waals surface area contributed by atoms with Crippen molar-refractivity contribution >= 4 is 19.9 Å². The molecule has 0 aliphatic rings. The van der Waals surface area contributed by atoms with Crippen LogP contribution >= 0.6 is 11.6 Å². The van der Waals surface area contributed by atoms with Crippen molar-refractivity contribution in [2.24, 2.45) is 5.73 Å². The summed E-state index contributed by atoms with van der Waals surface area (Å²) >= 11 is 5.84. The lowest BCUT2D eigenvalue weighted by molar-refractivity contribution is 0.184. The van der Waals surface area contributed by atoms with Crippen molar-refractivity contribution in [2.75, 3.05) is 6.61 Å². The van der Waals surface area contributed by atoms with Crippen molar-refractivity contribution in [1.82, 2.24) is 0 Å². The van der Waals surface area contributed by atoms with E-state index in [1.807, 2.05) is 6.92 Å². The first kappa shape index (κ1) is 19.4. The fourth-order valence-electron chi connectivity index (χ4n) is 1.78. The van der Waals surface area contributed by atoms with Crippen LogP contribution in [-0.4, -0.2) is 21.2 Å². The zero-order valence-corrected chi connectivity index (χ0v) is 16.0. The van der Waals surface area contributed by atoms with Crippen LogP contribution in [0.3, 0.4) is 0 Å². The molecule has 1 atom stereocenters. The standard InChI is InChI=1S/C16H26ClFNO2Si/c1-7-20-13-9-8-12(17)15(18)11(13)10-14(19)21-22(5,6)16(2,3)4/h8,14H,7,10,19H2,1-6H3. The number of hydrogen-bond donors (Lipinski definition) is 1. The largest absolute Gasteiger partial charge is 0.493 e. The van der Waals surface area contributed by atoms with Crippen LogP contribution in [0, 0.1) is 11.9 Å². The van der Waals surface area contributed by atoms with E-state index in [-0.39, 0.29) is 16.5 Å². The molecular formula is C16H26ClFNO2Si. The molecule has 0 heterocycles. The summed E-state index contributed by atoms with van der Waals surface area (Å²) in [5.74, 6) is -0.170. The van der Waals surface area contributed by atoms with Crippen LogP contribution in [0.1, 0.15) is 33.3 Å². The van der Waals surface area contributed by atoms with Gasteiger partial charge in [0.05, 0.1) is 17.9 Å². The van der Waals surface area contributed by atoms with Gasteiger partial charge in [-0.15, -0.1) is 0 Å². The zero-order chi connectivity index (χ0) is 17.1. The molecule has 0 saturated heterocycles. The van der Waals surface area contributed by atoms with Gasteiger partial charge < -0.3 is 14.9 Å². The van der Waals surface area contributed by atoms with Gasteiger partial charge in [0.15, 0.2) is 8.32 Å². The Morgan fingerprint density at radius 1 is 1.41 bits per heavy atom. The highest BCUT2D eigenvalue weighted by Gasteiger charge is 2.38. The van der Waals surface area contributed by atoms with Crippen LogP contribution in [0.4, 0.5) is 4.39 Å². The average Bonchev–Trinajstić information content (AvgIpc) is 2.36. The summed E-state index contributed by atoms with van der Waals surface area (Å²) in [6.45, 7) is 12.9. The summed E-state index contributed by atoms with van der Waals surface area (Å²) in [4.78, 5) is 0. The van der Waals surface area contributed by atoms with E-state index in [4.69, 9.17) is 26.5 Å². The minimum Gasteiger partial charge on any atom is -0.493 e. The number of benzene rings is 1. The number of rotatable bonds is 6. The van der Waals surface area contributed by atoms with E-state index in [2.05, 4.69) is 39.9 Å². The Hall–Kier alpha value is -0.623. The molecule has 0 spiro atoms. The summed E-state index contributed by atoms with van der Waals surface area (Å²) in [6.07, 6.45) is -0.411. The molecule has 0 aliphatic heterocycles. The van der Waals surface area contributed by atoms with Gasteiger partial charge in [0, 0.05) is 18.1 Å². The summed E-state index contributed by atoms with van der Waals surface area (Å²) in [6, 6.07) is 4.22. The average molecular weight is 347 g/mol. The molecule has 0 saturated carbocycles. The molecule has 6 heteroatoms. The molecule has 0 bridgehead atoms. The molecule has 1 unspecified atom stereocenters. The number of halogens is 2. The van der Waals surface area contributed by atoms with Crippen LogP contribution in [0.25, 0.3) is 0 Å². The van der Waals surface area contributed by atoms with E-state index < -0.39 is 20.4 Å². The molecular weight excluding hydrogens is 321 g/mol. The number of nitrogens with two attached hydrogens (primary N) is 1. The first-order valence-electron chi connectivity index (χ1n) is 7.44. The van der Waals surface area contributed by atoms with Gasteiger partial charge in [0.25, 0.3) is 0 Å². The lowest BCUT2D eigenvalue weighted by Gasteiger charge is -2.38. The van der Waals surface area contributed by atoms with Crippen LogP contribution in [0.2, 0.25) is 23.2 Å². The quantitative estimate of drug-likeness (QED) is 0.608. The fraction of sp³-hybridized carbons (Fsp3) is 0.625. The van der Waals surface area contributed by atoms with Gasteiger partial charge in [-0.2, -0.15) is 0 Å². The maximum atomic E-state index is 14.3. The molecule has 1 aromatic rings. The SMILES string of the molecule is CCOc1[c]cc(Cl)c(F)c1CC(N)O[Si](C)(C)C(C)(C)C.